The zero-order valence-corrected chi connectivity index (χ0v) is 13.9. The summed E-state index contributed by atoms with van der Waals surface area (Å²) in [6.07, 6.45) is 0. The van der Waals surface area contributed by atoms with E-state index in [2.05, 4.69) is 63.7 Å². The fourth-order valence-corrected chi connectivity index (χ4v) is 3.72. The van der Waals surface area contributed by atoms with E-state index in [1.54, 1.807) is 0 Å². The van der Waals surface area contributed by atoms with Crippen LogP contribution < -0.4 is 5.11 Å². The number of carboxylic acids is 1. The third kappa shape index (κ3) is 2.38. The standard InChI is InChI=1S/C8H10Br4O2/c1-7(2)3(4(7)6(13)14)5(9)8(10,11)12/h3-5H,1-2H3,(H,13,14)/p-1/t3?,4-,5?/m0/s1. The van der Waals surface area contributed by atoms with E-state index < -0.39 is 8.11 Å². The summed E-state index contributed by atoms with van der Waals surface area (Å²) in [7, 11) is 0. The molecular weight excluding hydrogens is 448 g/mol. The molecule has 0 heterocycles. The van der Waals surface area contributed by atoms with Crippen molar-refractivity contribution in [2.24, 2.45) is 17.3 Å². The van der Waals surface area contributed by atoms with Crippen molar-refractivity contribution in [3.8, 4) is 0 Å². The van der Waals surface area contributed by atoms with Gasteiger partial charge in [0.2, 0.25) is 0 Å². The van der Waals surface area contributed by atoms with Crippen LogP contribution in [0.2, 0.25) is 0 Å². The molecule has 6 heteroatoms. The normalized spacial score (nSPS) is 32.4. The van der Waals surface area contributed by atoms with E-state index >= 15 is 0 Å². The molecule has 14 heavy (non-hydrogen) atoms. The van der Waals surface area contributed by atoms with Gasteiger partial charge in [-0.3, -0.25) is 0 Å². The number of rotatable bonds is 2. The second-order valence-corrected chi connectivity index (χ2v) is 12.0. The first-order valence-corrected chi connectivity index (χ1v) is 7.31. The van der Waals surface area contributed by atoms with Crippen molar-refractivity contribution in [3.05, 3.63) is 0 Å². The van der Waals surface area contributed by atoms with Gasteiger partial charge in [0, 0.05) is 11.9 Å². The molecule has 1 saturated carbocycles. The first kappa shape index (κ1) is 13.5. The molecule has 0 aliphatic heterocycles. The molecule has 2 unspecified atom stereocenters. The molecule has 1 rings (SSSR count). The topological polar surface area (TPSA) is 40.1 Å². The number of hydrogen-bond acceptors (Lipinski definition) is 2. The highest BCUT2D eigenvalue weighted by molar-refractivity contribution is 9.40. The molecule has 0 saturated heterocycles. The smallest absolute Gasteiger partial charge is 0.147 e. The molecule has 0 aromatic carbocycles. The summed E-state index contributed by atoms with van der Waals surface area (Å²) >= 11 is 13.6. The molecule has 0 spiro atoms. The van der Waals surface area contributed by atoms with Gasteiger partial charge >= 0.3 is 0 Å². The van der Waals surface area contributed by atoms with E-state index in [1.807, 2.05) is 13.8 Å². The van der Waals surface area contributed by atoms with Crippen molar-refractivity contribution in [1.82, 2.24) is 0 Å². The predicted molar refractivity (Wildman–Crippen MR) is 68.0 cm³/mol. The molecular formula is C8H9Br4O2-. The van der Waals surface area contributed by atoms with Crippen molar-refractivity contribution in [3.63, 3.8) is 0 Å². The van der Waals surface area contributed by atoms with Crippen molar-refractivity contribution in [2.45, 2.75) is 20.8 Å². The molecule has 0 aromatic rings. The van der Waals surface area contributed by atoms with Crippen LogP contribution >= 0.6 is 63.7 Å². The molecule has 0 aromatic heterocycles. The maximum Gasteiger partial charge on any atom is 0.147 e. The van der Waals surface area contributed by atoms with E-state index in [1.165, 1.54) is 0 Å². The SMILES string of the molecule is CC1(C)C(C(Br)C(Br)(Br)Br)[C@H]1C(=O)[O-]. The van der Waals surface area contributed by atoms with Gasteiger partial charge in [0.05, 0.1) is 4.83 Å². The lowest BCUT2D eigenvalue weighted by atomic mass is 10.1. The van der Waals surface area contributed by atoms with Crippen LogP contribution in [-0.4, -0.2) is 12.9 Å². The molecule has 1 aliphatic carbocycles. The Balaban J connectivity index is 2.79. The van der Waals surface area contributed by atoms with Crippen LogP contribution in [0.4, 0.5) is 0 Å². The first-order valence-electron chi connectivity index (χ1n) is 4.01. The average Bonchev–Trinajstić information content (AvgIpc) is 2.49. The van der Waals surface area contributed by atoms with Gasteiger partial charge < -0.3 is 9.90 Å². The number of aliphatic carboxylic acids is 1. The lowest BCUT2D eigenvalue weighted by Gasteiger charge is -2.21. The van der Waals surface area contributed by atoms with Crippen molar-refractivity contribution in [2.75, 3.05) is 0 Å². The van der Waals surface area contributed by atoms with E-state index in [4.69, 9.17) is 0 Å². The molecule has 0 N–H and O–H groups in total. The zero-order valence-electron chi connectivity index (χ0n) is 7.56. The van der Waals surface area contributed by atoms with Gasteiger partial charge in [-0.1, -0.05) is 77.6 Å². The summed E-state index contributed by atoms with van der Waals surface area (Å²) in [5, 5.41) is 10.8. The third-order valence-corrected chi connectivity index (χ3v) is 7.37. The summed E-state index contributed by atoms with van der Waals surface area (Å²) < 4.78 is -0.473. The maximum absolute atomic E-state index is 10.8. The minimum absolute atomic E-state index is 0.0205. The third-order valence-electron chi connectivity index (χ3n) is 2.79. The summed E-state index contributed by atoms with van der Waals surface area (Å²) in [5.74, 6) is -1.31. The predicted octanol–water partition coefficient (Wildman–Crippen LogP) is 2.61. The van der Waals surface area contributed by atoms with E-state index in [0.717, 1.165) is 0 Å². The number of carboxylic acid groups (broad SMARTS) is 1. The maximum atomic E-state index is 10.8. The van der Waals surface area contributed by atoms with E-state index in [9.17, 15) is 9.90 Å². The van der Waals surface area contributed by atoms with Crippen LogP contribution in [0.3, 0.4) is 0 Å². The Hall–Kier alpha value is 1.39. The van der Waals surface area contributed by atoms with Crippen molar-refractivity contribution in [1.29, 1.82) is 0 Å². The number of halogens is 4. The Labute approximate surface area is 117 Å². The summed E-state index contributed by atoms with van der Waals surface area (Å²) in [6.45, 7) is 3.87. The lowest BCUT2D eigenvalue weighted by Crippen LogP contribution is -2.28. The quantitative estimate of drug-likeness (QED) is 0.599. The van der Waals surface area contributed by atoms with Crippen LogP contribution in [0.5, 0.6) is 0 Å². The molecule has 1 fully saturated rings. The van der Waals surface area contributed by atoms with Gasteiger partial charge in [0.25, 0.3) is 0 Å². The van der Waals surface area contributed by atoms with Crippen molar-refractivity contribution < 1.29 is 9.90 Å². The van der Waals surface area contributed by atoms with Gasteiger partial charge in [-0.05, 0) is 11.3 Å². The highest BCUT2D eigenvalue weighted by atomic mass is 80.0. The second-order valence-electron chi connectivity index (χ2n) is 4.09. The van der Waals surface area contributed by atoms with E-state index in [0.29, 0.717) is 0 Å². The Morgan fingerprint density at radius 2 is 1.86 bits per heavy atom. The van der Waals surface area contributed by atoms with Crippen LogP contribution in [-0.2, 0) is 4.79 Å². The minimum Gasteiger partial charge on any atom is -0.550 e. The fraction of sp³-hybridized carbons (Fsp3) is 0.875. The highest BCUT2D eigenvalue weighted by Crippen LogP contribution is 2.65. The van der Waals surface area contributed by atoms with Gasteiger partial charge in [-0.15, -0.1) is 0 Å². The Bertz CT molecular complexity index is 259. The Morgan fingerprint density at radius 1 is 1.43 bits per heavy atom. The number of alkyl halides is 4. The average molecular weight is 457 g/mol. The summed E-state index contributed by atoms with van der Waals surface area (Å²) in [4.78, 5) is 10.8. The zero-order chi connectivity index (χ0) is 11.3. The summed E-state index contributed by atoms with van der Waals surface area (Å²) in [6, 6.07) is 0. The first-order chi connectivity index (χ1) is 6.10. The van der Waals surface area contributed by atoms with Gasteiger partial charge in [0.15, 0.2) is 0 Å². The van der Waals surface area contributed by atoms with Crippen LogP contribution in [0.15, 0.2) is 0 Å². The van der Waals surface area contributed by atoms with Crippen molar-refractivity contribution >= 4 is 69.7 Å². The molecule has 2 nitrogen and oxygen atoms in total. The van der Waals surface area contributed by atoms with E-state index in [-0.39, 0.29) is 22.1 Å². The number of hydrogen-bond donors (Lipinski definition) is 0. The monoisotopic (exact) mass is 453 g/mol. The molecule has 3 atom stereocenters. The number of carbonyl (C=O) groups excluding carboxylic acids is 1. The Kier molecular flexibility index (Phi) is 3.85. The van der Waals surface area contributed by atoms with Gasteiger partial charge in [-0.25, -0.2) is 0 Å². The highest BCUT2D eigenvalue weighted by Gasteiger charge is 2.63. The molecule has 82 valence electrons. The van der Waals surface area contributed by atoms with Crippen LogP contribution in [0.1, 0.15) is 13.8 Å². The fourth-order valence-electron chi connectivity index (χ4n) is 1.88. The Morgan fingerprint density at radius 3 is 2.07 bits per heavy atom. The van der Waals surface area contributed by atoms with Gasteiger partial charge in [-0.2, -0.15) is 0 Å². The molecule has 0 bridgehead atoms. The second kappa shape index (κ2) is 4.00. The van der Waals surface area contributed by atoms with Gasteiger partial charge in [0.1, 0.15) is 2.14 Å². The molecule has 0 radical (unpaired) electrons. The van der Waals surface area contributed by atoms with Crippen LogP contribution in [0, 0.1) is 17.3 Å². The lowest BCUT2D eigenvalue weighted by molar-refractivity contribution is -0.309. The largest absolute Gasteiger partial charge is 0.550 e. The minimum atomic E-state index is -0.971. The van der Waals surface area contributed by atoms with Crippen LogP contribution in [0.25, 0.3) is 0 Å². The molecule has 1 aliphatic rings. The summed E-state index contributed by atoms with van der Waals surface area (Å²) in [5.41, 5.74) is -0.215. The molecule has 0 amide bonds. The number of carbonyl (C=O) groups is 1.